The number of carbonyl (C=O) groups excluding carboxylic acids is 1. The van der Waals surface area contributed by atoms with Crippen LogP contribution in [0.3, 0.4) is 0 Å². The maximum atomic E-state index is 11.9. The topological polar surface area (TPSA) is 38.8 Å². The predicted molar refractivity (Wildman–Crippen MR) is 93.9 cm³/mol. The van der Waals surface area contributed by atoms with E-state index in [1.807, 2.05) is 34.6 Å². The number of amides is 1. The number of hydrogen-bond acceptors (Lipinski definition) is 3. The summed E-state index contributed by atoms with van der Waals surface area (Å²) >= 11 is 6.44. The first-order valence-electron chi connectivity index (χ1n) is 7.84. The van der Waals surface area contributed by atoms with Crippen LogP contribution in [0.25, 0.3) is 0 Å². The van der Waals surface area contributed by atoms with Gasteiger partial charge in [0, 0.05) is 24.2 Å². The molecule has 0 aromatic heterocycles. The van der Waals surface area contributed by atoms with Gasteiger partial charge in [-0.2, -0.15) is 0 Å². The van der Waals surface area contributed by atoms with Gasteiger partial charge in [0.25, 0.3) is 0 Å². The molecule has 23 heavy (non-hydrogen) atoms. The first kappa shape index (κ1) is 18.3. The third kappa shape index (κ3) is 3.42. The number of allylic oxidation sites excluding steroid dienone is 4. The van der Waals surface area contributed by atoms with Crippen molar-refractivity contribution >= 4 is 24.6 Å². The second-order valence-electron chi connectivity index (χ2n) is 7.22. The van der Waals surface area contributed by atoms with Crippen molar-refractivity contribution in [3.63, 3.8) is 0 Å². The summed E-state index contributed by atoms with van der Waals surface area (Å²) in [5.74, 6) is 0.0903. The monoisotopic (exact) mass is 337 g/mol. The largest absolute Gasteiger partial charge is 0.495 e. The third-order valence-electron chi connectivity index (χ3n) is 4.99. The molecule has 0 aromatic carbocycles. The van der Waals surface area contributed by atoms with Gasteiger partial charge in [-0.05, 0) is 58.2 Å². The van der Waals surface area contributed by atoms with Gasteiger partial charge in [0.05, 0.1) is 11.2 Å². The summed E-state index contributed by atoms with van der Waals surface area (Å²) in [6.45, 7) is 14.0. The third-order valence-corrected chi connectivity index (χ3v) is 5.35. The van der Waals surface area contributed by atoms with Crippen molar-refractivity contribution in [3.05, 3.63) is 34.4 Å². The van der Waals surface area contributed by atoms with E-state index in [9.17, 15) is 4.79 Å². The number of halogens is 1. The molecule has 0 spiro atoms. The van der Waals surface area contributed by atoms with E-state index in [0.717, 1.165) is 17.7 Å². The Labute approximate surface area is 144 Å². The van der Waals surface area contributed by atoms with Gasteiger partial charge in [-0.25, -0.2) is 0 Å². The average molecular weight is 338 g/mol. The Kier molecular flexibility index (Phi) is 4.87. The molecule has 126 valence electrons. The van der Waals surface area contributed by atoms with Crippen LogP contribution < -0.4 is 0 Å². The van der Waals surface area contributed by atoms with E-state index in [2.05, 4.69) is 6.58 Å². The molecule has 2 aliphatic heterocycles. The summed E-state index contributed by atoms with van der Waals surface area (Å²) in [5.41, 5.74) is 1.64. The standard InChI is InChI=1S/C17H25BClNO3/c1-11-8-9-15(21)20(7)14(11)10-13(19)12(2)18-22-16(3,4)17(5,6)23-18/h10H,2,8-9H2,1,3-7H3. The molecule has 2 heterocycles. The van der Waals surface area contributed by atoms with Crippen LogP contribution in [0.1, 0.15) is 47.5 Å². The second kappa shape index (κ2) is 6.12. The molecule has 0 atom stereocenters. The van der Waals surface area contributed by atoms with Gasteiger partial charge >= 0.3 is 7.12 Å². The first-order valence-corrected chi connectivity index (χ1v) is 8.22. The van der Waals surface area contributed by atoms with Crippen molar-refractivity contribution in [2.45, 2.75) is 58.7 Å². The van der Waals surface area contributed by atoms with Crippen molar-refractivity contribution < 1.29 is 14.1 Å². The van der Waals surface area contributed by atoms with E-state index >= 15 is 0 Å². The van der Waals surface area contributed by atoms with Gasteiger partial charge in [0.1, 0.15) is 0 Å². The minimum absolute atomic E-state index is 0.0903. The van der Waals surface area contributed by atoms with Gasteiger partial charge in [-0.15, -0.1) is 0 Å². The first-order chi connectivity index (χ1) is 10.5. The Morgan fingerprint density at radius 2 is 1.78 bits per heavy atom. The molecule has 0 N–H and O–H groups in total. The van der Waals surface area contributed by atoms with Crippen molar-refractivity contribution in [1.82, 2.24) is 4.90 Å². The second-order valence-corrected chi connectivity index (χ2v) is 7.63. The molecule has 1 saturated heterocycles. The molecule has 1 fully saturated rings. The van der Waals surface area contributed by atoms with Gasteiger partial charge in [-0.1, -0.05) is 18.2 Å². The van der Waals surface area contributed by atoms with E-state index < -0.39 is 18.3 Å². The summed E-state index contributed by atoms with van der Waals surface area (Å²) in [7, 11) is 1.17. The molecule has 0 radical (unpaired) electrons. The summed E-state index contributed by atoms with van der Waals surface area (Å²) in [5, 5.41) is 0.444. The van der Waals surface area contributed by atoms with E-state index in [1.165, 1.54) is 0 Å². The lowest BCUT2D eigenvalue weighted by Gasteiger charge is -2.32. The quantitative estimate of drug-likeness (QED) is 0.580. The molecule has 4 nitrogen and oxygen atoms in total. The van der Waals surface area contributed by atoms with Crippen LogP contribution in [0.2, 0.25) is 0 Å². The van der Waals surface area contributed by atoms with Crippen LogP contribution >= 0.6 is 11.6 Å². The van der Waals surface area contributed by atoms with E-state index in [1.54, 1.807) is 18.0 Å². The summed E-state index contributed by atoms with van der Waals surface area (Å²) < 4.78 is 11.9. The average Bonchev–Trinajstić information content (AvgIpc) is 2.66. The molecule has 0 aliphatic carbocycles. The molecular weight excluding hydrogens is 312 g/mol. The van der Waals surface area contributed by atoms with E-state index in [-0.39, 0.29) is 5.91 Å². The molecule has 0 unspecified atom stereocenters. The summed E-state index contributed by atoms with van der Waals surface area (Å²) in [6.07, 6.45) is 3.07. The lowest BCUT2D eigenvalue weighted by Crippen LogP contribution is -2.41. The Bertz CT molecular complexity index is 591. The molecular formula is C17H25BClNO3. The maximum absolute atomic E-state index is 11.9. The summed E-state index contributed by atoms with van der Waals surface area (Å²) in [4.78, 5) is 13.5. The smallest absolute Gasteiger partial charge is 0.399 e. The number of likely N-dealkylation sites (N-methyl/N-ethyl adjacent to an activating group) is 1. The van der Waals surface area contributed by atoms with E-state index in [0.29, 0.717) is 16.9 Å². The fourth-order valence-electron chi connectivity index (χ4n) is 2.54. The lowest BCUT2D eigenvalue weighted by molar-refractivity contribution is -0.128. The molecule has 0 aromatic rings. The molecule has 0 bridgehead atoms. The number of rotatable bonds is 3. The highest BCUT2D eigenvalue weighted by Gasteiger charge is 2.52. The van der Waals surface area contributed by atoms with Crippen LogP contribution in [-0.2, 0) is 14.1 Å². The van der Waals surface area contributed by atoms with Crippen LogP contribution in [0.15, 0.2) is 34.4 Å². The van der Waals surface area contributed by atoms with Gasteiger partial charge in [0.2, 0.25) is 5.91 Å². The fourth-order valence-corrected chi connectivity index (χ4v) is 2.73. The minimum atomic E-state index is -0.589. The molecule has 0 saturated carbocycles. The zero-order chi connectivity index (χ0) is 17.6. The Morgan fingerprint density at radius 1 is 1.26 bits per heavy atom. The number of hydrogen-bond donors (Lipinski definition) is 0. The summed E-state index contributed by atoms with van der Waals surface area (Å²) in [6, 6.07) is 0. The highest BCUT2D eigenvalue weighted by atomic mass is 35.5. The number of carbonyl (C=O) groups is 1. The van der Waals surface area contributed by atoms with Crippen LogP contribution in [0, 0.1) is 0 Å². The van der Waals surface area contributed by atoms with Crippen LogP contribution in [-0.4, -0.2) is 36.2 Å². The van der Waals surface area contributed by atoms with Gasteiger partial charge in [-0.3, -0.25) is 4.79 Å². The van der Waals surface area contributed by atoms with E-state index in [4.69, 9.17) is 20.9 Å². The SMILES string of the molecule is C=C(B1OC(C)(C)C(C)(C)O1)C(Cl)=CC1=C(C)CCC(=O)N1C. The van der Waals surface area contributed by atoms with Crippen LogP contribution in [0.5, 0.6) is 0 Å². The molecule has 6 heteroatoms. The van der Waals surface area contributed by atoms with Crippen molar-refractivity contribution in [1.29, 1.82) is 0 Å². The zero-order valence-electron chi connectivity index (χ0n) is 14.8. The van der Waals surface area contributed by atoms with Crippen molar-refractivity contribution in [3.8, 4) is 0 Å². The Hall–Kier alpha value is -1.04. The highest BCUT2D eigenvalue weighted by molar-refractivity contribution is 6.59. The normalized spacial score (nSPS) is 24.5. The molecule has 2 rings (SSSR count). The Morgan fingerprint density at radius 3 is 2.30 bits per heavy atom. The number of nitrogens with zero attached hydrogens (tertiary/aromatic N) is 1. The lowest BCUT2D eigenvalue weighted by atomic mass is 9.78. The zero-order valence-corrected chi connectivity index (χ0v) is 15.6. The Balaban J connectivity index is 2.22. The maximum Gasteiger partial charge on any atom is 0.495 e. The fraction of sp³-hybridized carbons (Fsp3) is 0.588. The van der Waals surface area contributed by atoms with Gasteiger partial charge in [0.15, 0.2) is 0 Å². The highest BCUT2D eigenvalue weighted by Crippen LogP contribution is 2.40. The van der Waals surface area contributed by atoms with Crippen LogP contribution in [0.4, 0.5) is 0 Å². The van der Waals surface area contributed by atoms with Crippen molar-refractivity contribution in [2.24, 2.45) is 0 Å². The van der Waals surface area contributed by atoms with Gasteiger partial charge < -0.3 is 14.2 Å². The van der Waals surface area contributed by atoms with Crippen molar-refractivity contribution in [2.75, 3.05) is 7.05 Å². The molecule has 1 amide bonds. The predicted octanol–water partition coefficient (Wildman–Crippen LogP) is 3.82. The molecule has 2 aliphatic rings. The minimum Gasteiger partial charge on any atom is -0.399 e.